The van der Waals surface area contributed by atoms with Crippen LogP contribution in [0.5, 0.6) is 11.5 Å². The maximum atomic E-state index is 12.3. The van der Waals surface area contributed by atoms with Gasteiger partial charge in [-0.1, -0.05) is 68.6 Å². The van der Waals surface area contributed by atoms with Crippen molar-refractivity contribution in [2.45, 2.75) is 63.9 Å². The van der Waals surface area contributed by atoms with Crippen LogP contribution in [0, 0.1) is 11.8 Å². The zero-order valence-electron chi connectivity index (χ0n) is 46.2. The molecule has 7 N–H and O–H groups in total. The summed E-state index contributed by atoms with van der Waals surface area (Å²) in [5, 5.41) is 30.0. The predicted molar refractivity (Wildman–Crippen MR) is 285 cm³/mol. The van der Waals surface area contributed by atoms with Crippen LogP contribution in [0.15, 0.2) is 86.5 Å². The third-order valence-electron chi connectivity index (χ3n) is 10.0. The fourth-order valence-corrected chi connectivity index (χ4v) is 7.53. The van der Waals surface area contributed by atoms with Gasteiger partial charge in [0.2, 0.25) is 5.91 Å². The average Bonchev–Trinajstić information content (AvgIpc) is 3.44. The summed E-state index contributed by atoms with van der Waals surface area (Å²) in [5.74, 6) is -6.15. The molecule has 0 saturated heterocycles. The number of carboxylic acid groups (broad SMARTS) is 2. The Bertz CT molecular complexity index is 2200. The molecule has 0 aliphatic heterocycles. The Hall–Kier alpha value is -4.73. The number of aromatic hydroxyl groups is 1. The molecular formula is C51H76N2O25P2V2-2. The van der Waals surface area contributed by atoms with E-state index in [0.717, 1.165) is 0 Å². The van der Waals surface area contributed by atoms with Crippen LogP contribution in [0.2, 0.25) is 0 Å². The van der Waals surface area contributed by atoms with Crippen LogP contribution in [0.25, 0.3) is 0 Å². The zero-order chi connectivity index (χ0) is 60.2. The zero-order valence-corrected chi connectivity index (χ0v) is 50.8. The first-order valence-corrected chi connectivity index (χ1v) is 27.5. The van der Waals surface area contributed by atoms with E-state index in [2.05, 4.69) is 29.8 Å². The minimum Gasteiger partial charge on any atom is -0.648 e. The Labute approximate surface area is 501 Å². The van der Waals surface area contributed by atoms with Gasteiger partial charge < -0.3 is 78.7 Å². The van der Waals surface area contributed by atoms with Crippen LogP contribution in [0.1, 0.15) is 37.8 Å². The van der Waals surface area contributed by atoms with Crippen molar-refractivity contribution in [3.8, 4) is 11.5 Å². The van der Waals surface area contributed by atoms with E-state index < -0.39 is 76.7 Å². The number of benzene rings is 2. The van der Waals surface area contributed by atoms with Gasteiger partial charge in [0.1, 0.15) is 42.8 Å². The van der Waals surface area contributed by atoms with Crippen molar-refractivity contribution in [2.24, 2.45) is 17.6 Å². The van der Waals surface area contributed by atoms with Crippen molar-refractivity contribution in [3.05, 3.63) is 97.6 Å². The number of carbonyl (C=O) groups is 4. The summed E-state index contributed by atoms with van der Waals surface area (Å²) < 4.78 is 89.3. The van der Waals surface area contributed by atoms with Crippen LogP contribution >= 0.6 is 15.6 Å². The van der Waals surface area contributed by atoms with Gasteiger partial charge in [0.15, 0.2) is 5.92 Å². The number of carbonyl (C=O) groups excluding carboxylic acids is 4. The second-order valence-electron chi connectivity index (χ2n) is 16.3. The Kier molecular flexibility index (Phi) is 49.4. The number of phenolic OH excluding ortho intramolecular Hbond substituents is 1. The van der Waals surface area contributed by atoms with Gasteiger partial charge in [0.25, 0.3) is 0 Å². The van der Waals surface area contributed by atoms with Gasteiger partial charge >= 0.3 is 33.6 Å². The topological polar surface area (TPSA) is 376 Å². The van der Waals surface area contributed by atoms with E-state index in [-0.39, 0.29) is 121 Å². The van der Waals surface area contributed by atoms with E-state index in [4.69, 9.17) is 66.6 Å². The quantitative estimate of drug-likeness (QED) is 0.0103. The maximum absolute atomic E-state index is 12.3. The molecule has 31 heteroatoms. The van der Waals surface area contributed by atoms with Gasteiger partial charge in [-0.2, -0.15) is 0 Å². The molecule has 2 radical (unpaired) electrons. The van der Waals surface area contributed by atoms with E-state index in [9.17, 15) is 53.0 Å². The van der Waals surface area contributed by atoms with E-state index in [1.54, 1.807) is 44.6 Å². The number of hydrogen-bond acceptors (Lipinski definition) is 23. The van der Waals surface area contributed by atoms with Gasteiger partial charge in [-0.3, -0.25) is 41.8 Å². The SMILES string of the molecule is C=CCOC(=O)C(Cc1ccc(OCC=C)cc1)C(=O)O.C=CCOP(=O)(OCCN)OC[C@@H](COCC[C@@H](C)OC)O[C-]=O.CO[C@H](C)CCOC[C@H](COP(=O)(O)OCCNC(=O)C(Cc1ccc(O)cc1)C(=O)O)O[C-]=O.[V].[V]. The van der Waals surface area contributed by atoms with Crippen molar-refractivity contribution < 1.29 is 156 Å². The summed E-state index contributed by atoms with van der Waals surface area (Å²) >= 11 is 0. The second-order valence-corrected chi connectivity index (χ2v) is 19.4. The molecule has 8 atom stereocenters. The Balaban J connectivity index is -0.00000117. The fourth-order valence-electron chi connectivity index (χ4n) is 5.59. The molecule has 0 fully saturated rings. The van der Waals surface area contributed by atoms with E-state index in [1.165, 1.54) is 49.4 Å². The molecule has 0 saturated carbocycles. The van der Waals surface area contributed by atoms with Gasteiger partial charge in [0.05, 0.1) is 58.5 Å². The molecule has 0 heterocycles. The number of ether oxygens (including phenoxy) is 8. The van der Waals surface area contributed by atoms with Crippen LogP contribution < -0.4 is 15.8 Å². The molecular weight excluding hydrogens is 1200 g/mol. The molecule has 0 aromatic heterocycles. The third-order valence-corrected chi connectivity index (χ3v) is 12.5. The number of methoxy groups -OCH3 is 2. The number of phosphoric ester groups is 2. The Morgan fingerprint density at radius 3 is 1.61 bits per heavy atom. The van der Waals surface area contributed by atoms with E-state index in [1.807, 2.05) is 13.8 Å². The number of nitrogens with two attached hydrogens (primary N) is 1. The van der Waals surface area contributed by atoms with Gasteiger partial charge in [-0.05, 0) is 74.9 Å². The summed E-state index contributed by atoms with van der Waals surface area (Å²) in [5.41, 5.74) is 6.54. The predicted octanol–water partition coefficient (Wildman–Crippen LogP) is 4.18. The monoisotopic (exact) mass is 1280 g/mol. The minimum atomic E-state index is -4.57. The summed E-state index contributed by atoms with van der Waals surface area (Å²) in [7, 11) is -5.24. The number of amides is 1. The first-order valence-electron chi connectivity index (χ1n) is 24.5. The largest absolute Gasteiger partial charge is 0.648 e. The molecule has 0 bridgehead atoms. The first-order chi connectivity index (χ1) is 38.2. The van der Waals surface area contributed by atoms with Gasteiger partial charge in [0, 0.05) is 77.6 Å². The number of aliphatic carboxylic acids is 2. The second kappa shape index (κ2) is 49.7. The summed E-state index contributed by atoms with van der Waals surface area (Å²) in [4.78, 5) is 77.2. The number of rotatable bonds is 45. The van der Waals surface area contributed by atoms with E-state index >= 15 is 0 Å². The van der Waals surface area contributed by atoms with Crippen molar-refractivity contribution in [1.29, 1.82) is 0 Å². The maximum Gasteiger partial charge on any atom is 0.475 e. The molecule has 2 rings (SSSR count). The number of carboxylic acids is 2. The minimum absolute atomic E-state index is 0. The molecule has 2 aromatic rings. The normalized spacial score (nSPS) is 14.2. The molecule has 82 heavy (non-hydrogen) atoms. The standard InChI is InChI=1S/C21H31NO12P.C16H18O5.C14H27NO8P.2V/c1-15(30-2)7-9-31-12-18(32-14-23)13-34-35(28,29)33-10-8-22-20(25)19(21(26)27)11-16-3-5-17(24)6-4-16;1-3-9-20-13-7-5-12(6-8-13)11-14(15(17)18)16(19)21-10-4-2;1-4-7-21-24(17,22-9-6-15)23-11-14(20-12-16)10-19-8-5-13(2)18-3;;/h3-6,15,18-19,24H,7-13H2,1-2H3,(H,22,25)(H,26,27)(H,28,29);3-8,14H,1-2,9-11H2,(H,17,18);4,13-14H,1,5-11,15H2,2-3H3;;/q-1;;-1;;/t15-,18-,19?;;13-,14-,24?;;/m1.1../s1. The molecule has 462 valence electrons. The van der Waals surface area contributed by atoms with Crippen molar-refractivity contribution in [2.75, 3.05) is 100.0 Å². The Morgan fingerprint density at radius 2 is 1.15 bits per heavy atom. The summed E-state index contributed by atoms with van der Waals surface area (Å²) in [6.07, 6.45) is 3.83. The molecule has 1 amide bonds. The summed E-state index contributed by atoms with van der Waals surface area (Å²) in [6.45, 7) is 16.3. The Morgan fingerprint density at radius 1 is 0.659 bits per heavy atom. The molecule has 0 aliphatic carbocycles. The summed E-state index contributed by atoms with van der Waals surface area (Å²) in [6, 6.07) is 12.6. The fraction of sp³-hybridized carbons (Fsp3) is 0.529. The average molecular weight is 1280 g/mol. The molecule has 27 nitrogen and oxygen atoms in total. The number of phenols is 1. The van der Waals surface area contributed by atoms with Crippen LogP contribution in [0.3, 0.4) is 0 Å². The number of phosphoric acid groups is 2. The van der Waals surface area contributed by atoms with Crippen molar-refractivity contribution in [1.82, 2.24) is 5.32 Å². The van der Waals surface area contributed by atoms with Crippen molar-refractivity contribution in [3.63, 3.8) is 0 Å². The molecule has 2 aromatic carbocycles. The number of hydrogen-bond donors (Lipinski definition) is 6. The molecule has 0 spiro atoms. The molecule has 0 aliphatic rings. The smallest absolute Gasteiger partial charge is 0.475 e. The number of nitrogens with one attached hydrogen (secondary N) is 1. The number of esters is 1. The van der Waals surface area contributed by atoms with Crippen LogP contribution in [-0.4, -0.2) is 181 Å². The van der Waals surface area contributed by atoms with Crippen molar-refractivity contribution >= 4 is 52.4 Å². The van der Waals surface area contributed by atoms with Gasteiger partial charge in [-0.15, -0.1) is 6.58 Å². The first kappa shape index (κ1) is 81.5. The third kappa shape index (κ3) is 40.5. The molecule has 4 unspecified atom stereocenters. The van der Waals surface area contributed by atoms with Gasteiger partial charge in [-0.25, -0.2) is 9.13 Å². The van der Waals surface area contributed by atoms with Crippen LogP contribution in [-0.2, 0) is 144 Å². The van der Waals surface area contributed by atoms with E-state index in [0.29, 0.717) is 49.5 Å². The van der Waals surface area contributed by atoms with Crippen LogP contribution in [0.4, 0.5) is 0 Å².